The summed E-state index contributed by atoms with van der Waals surface area (Å²) < 4.78 is 1.32. The van der Waals surface area contributed by atoms with E-state index in [0.717, 1.165) is 0 Å². The zero-order valence-corrected chi connectivity index (χ0v) is 14.1. The zero-order chi connectivity index (χ0) is 15.0. The molecule has 0 radical (unpaired) electrons. The van der Waals surface area contributed by atoms with Crippen LogP contribution in [0.2, 0.25) is 0 Å². The van der Waals surface area contributed by atoms with Gasteiger partial charge in [0.1, 0.15) is 11.8 Å². The fourth-order valence-electron chi connectivity index (χ4n) is 1.39. The van der Waals surface area contributed by atoms with Gasteiger partial charge < -0.3 is 10.2 Å². The number of rotatable bonds is 8. The van der Waals surface area contributed by atoms with E-state index in [1.54, 1.807) is 29.8 Å². The number of hydrogen-bond acceptors (Lipinski definition) is 4. The minimum Gasteiger partial charge on any atom is -0.353 e. The van der Waals surface area contributed by atoms with Gasteiger partial charge in [-0.1, -0.05) is 6.92 Å². The zero-order valence-electron chi connectivity index (χ0n) is 11.9. The lowest BCUT2D eigenvalue weighted by atomic mass is 10.1. The molecule has 0 aromatic heterocycles. The maximum atomic E-state index is 12.0. The Labute approximate surface area is 128 Å². The van der Waals surface area contributed by atoms with Gasteiger partial charge in [0.2, 0.25) is 11.8 Å². The summed E-state index contributed by atoms with van der Waals surface area (Å²) in [6, 6.07) is -0.729. The van der Waals surface area contributed by atoms with Crippen LogP contribution in [0.15, 0.2) is 0 Å². The lowest BCUT2D eigenvalue weighted by Gasteiger charge is -2.24. The number of amides is 2. The van der Waals surface area contributed by atoms with E-state index in [-0.39, 0.29) is 24.0 Å². The van der Waals surface area contributed by atoms with Crippen LogP contribution >= 0.6 is 22.9 Å². The second-order valence-corrected chi connectivity index (χ2v) is 5.61. The van der Waals surface area contributed by atoms with Gasteiger partial charge in [0.15, 0.2) is 0 Å². The van der Waals surface area contributed by atoms with Gasteiger partial charge in [0.25, 0.3) is 0 Å². The van der Waals surface area contributed by atoms with Crippen LogP contribution in [0.5, 0.6) is 0 Å². The first kappa shape index (κ1) is 18.3. The van der Waals surface area contributed by atoms with Crippen LogP contribution in [-0.2, 0) is 14.4 Å². The molecular weight excluding hydrogens is 361 g/mol. The molecule has 6 nitrogen and oxygen atoms in total. The summed E-state index contributed by atoms with van der Waals surface area (Å²) >= 11 is 1.80. The van der Waals surface area contributed by atoms with Gasteiger partial charge >= 0.3 is 0 Å². The standard InChI is InChI=1S/C12H22IN3O3/c1-5-11(18)16(13)10(8-9(2)17)12(19)14-6-7-15(3)4/h10H,5-8H2,1-4H3,(H,14,19). The molecule has 2 amide bonds. The Morgan fingerprint density at radius 3 is 2.26 bits per heavy atom. The number of hydrogen-bond donors (Lipinski definition) is 1. The predicted octanol–water partition coefficient (Wildman–Crippen LogP) is 0.601. The molecular formula is C12H22IN3O3. The van der Waals surface area contributed by atoms with Crippen molar-refractivity contribution in [3.8, 4) is 0 Å². The predicted molar refractivity (Wildman–Crippen MR) is 81.8 cm³/mol. The quantitative estimate of drug-likeness (QED) is 0.493. The van der Waals surface area contributed by atoms with E-state index < -0.39 is 6.04 Å². The molecule has 0 aliphatic heterocycles. The summed E-state index contributed by atoms with van der Waals surface area (Å²) in [7, 11) is 3.81. The molecule has 1 N–H and O–H groups in total. The molecule has 0 rings (SSSR count). The van der Waals surface area contributed by atoms with E-state index >= 15 is 0 Å². The summed E-state index contributed by atoms with van der Waals surface area (Å²) in [5, 5.41) is 2.75. The molecule has 19 heavy (non-hydrogen) atoms. The monoisotopic (exact) mass is 383 g/mol. The second kappa shape index (κ2) is 9.24. The molecule has 0 fully saturated rings. The number of halogens is 1. The summed E-state index contributed by atoms with van der Waals surface area (Å²) in [6.45, 7) is 4.34. The van der Waals surface area contributed by atoms with E-state index in [1.165, 1.54) is 10.0 Å². The lowest BCUT2D eigenvalue weighted by Crippen LogP contribution is -2.47. The molecule has 110 valence electrons. The SMILES string of the molecule is CCC(=O)N(I)C(CC(C)=O)C(=O)NCCN(C)C. The average Bonchev–Trinajstić information content (AvgIpc) is 2.33. The topological polar surface area (TPSA) is 69.7 Å². The number of nitrogens with one attached hydrogen (secondary N) is 1. The van der Waals surface area contributed by atoms with Crippen molar-refractivity contribution in [2.24, 2.45) is 0 Å². The van der Waals surface area contributed by atoms with Crippen molar-refractivity contribution in [3.05, 3.63) is 0 Å². The van der Waals surface area contributed by atoms with Crippen LogP contribution in [0.3, 0.4) is 0 Å². The highest BCUT2D eigenvalue weighted by Gasteiger charge is 2.28. The molecule has 0 aliphatic rings. The van der Waals surface area contributed by atoms with Crippen LogP contribution in [0.4, 0.5) is 0 Å². The van der Waals surface area contributed by atoms with Crippen molar-refractivity contribution in [1.29, 1.82) is 0 Å². The highest BCUT2D eigenvalue weighted by Crippen LogP contribution is 2.13. The fourth-order valence-corrected chi connectivity index (χ4v) is 2.18. The molecule has 0 spiro atoms. The molecule has 1 atom stereocenters. The highest BCUT2D eigenvalue weighted by molar-refractivity contribution is 14.1. The Bertz CT molecular complexity index is 334. The van der Waals surface area contributed by atoms with Gasteiger partial charge in [-0.2, -0.15) is 0 Å². The van der Waals surface area contributed by atoms with Gasteiger partial charge in [-0.05, 0) is 21.0 Å². The molecule has 1 unspecified atom stereocenters. The number of ketones is 1. The van der Waals surface area contributed by atoms with Gasteiger partial charge in [-0.15, -0.1) is 0 Å². The fraction of sp³-hybridized carbons (Fsp3) is 0.750. The highest BCUT2D eigenvalue weighted by atomic mass is 127. The van der Waals surface area contributed by atoms with E-state index in [2.05, 4.69) is 5.32 Å². The molecule has 7 heteroatoms. The van der Waals surface area contributed by atoms with Crippen molar-refractivity contribution < 1.29 is 14.4 Å². The molecule has 0 aliphatic carbocycles. The first-order chi connectivity index (χ1) is 8.79. The second-order valence-electron chi connectivity index (χ2n) is 4.57. The molecule has 0 saturated heterocycles. The average molecular weight is 383 g/mol. The van der Waals surface area contributed by atoms with Crippen LogP contribution < -0.4 is 5.32 Å². The maximum Gasteiger partial charge on any atom is 0.244 e. The molecule has 0 heterocycles. The van der Waals surface area contributed by atoms with Crippen molar-refractivity contribution in [1.82, 2.24) is 13.3 Å². The maximum absolute atomic E-state index is 12.0. The van der Waals surface area contributed by atoms with E-state index in [0.29, 0.717) is 19.5 Å². The van der Waals surface area contributed by atoms with E-state index in [9.17, 15) is 14.4 Å². The van der Waals surface area contributed by atoms with Gasteiger partial charge in [0.05, 0.1) is 22.9 Å². The molecule has 0 saturated carbocycles. The Hall–Kier alpha value is -0.700. The number of Topliss-reactive ketones (excluding diaryl/α,β-unsaturated/α-hetero) is 1. The van der Waals surface area contributed by atoms with Gasteiger partial charge in [-0.3, -0.25) is 17.5 Å². The summed E-state index contributed by atoms with van der Waals surface area (Å²) in [5.74, 6) is -0.554. The summed E-state index contributed by atoms with van der Waals surface area (Å²) in [5.41, 5.74) is 0. The molecule has 0 bridgehead atoms. The van der Waals surface area contributed by atoms with Crippen LogP contribution in [0.1, 0.15) is 26.7 Å². The Morgan fingerprint density at radius 2 is 1.84 bits per heavy atom. The van der Waals surface area contributed by atoms with Crippen LogP contribution in [0, 0.1) is 0 Å². The number of carbonyl (C=O) groups is 3. The Balaban J connectivity index is 4.60. The number of likely N-dealkylation sites (N-methyl/N-ethyl adjacent to an activating group) is 1. The largest absolute Gasteiger partial charge is 0.353 e. The van der Waals surface area contributed by atoms with E-state index in [1.807, 2.05) is 19.0 Å². The van der Waals surface area contributed by atoms with E-state index in [4.69, 9.17) is 0 Å². The minimum absolute atomic E-state index is 0.0441. The third-order valence-corrected chi connectivity index (χ3v) is 3.67. The first-order valence-corrected chi connectivity index (χ1v) is 7.15. The Morgan fingerprint density at radius 1 is 1.26 bits per heavy atom. The van der Waals surface area contributed by atoms with Gasteiger partial charge in [0, 0.05) is 25.9 Å². The normalized spacial score (nSPS) is 12.1. The lowest BCUT2D eigenvalue weighted by molar-refractivity contribution is -0.135. The van der Waals surface area contributed by atoms with Crippen molar-refractivity contribution in [3.63, 3.8) is 0 Å². The molecule has 0 aromatic carbocycles. The number of nitrogens with zero attached hydrogens (tertiary/aromatic N) is 2. The van der Waals surface area contributed by atoms with Crippen molar-refractivity contribution in [2.75, 3.05) is 27.2 Å². The minimum atomic E-state index is -0.729. The Kier molecular flexibility index (Phi) is 8.90. The summed E-state index contributed by atoms with van der Waals surface area (Å²) in [6.07, 6.45) is 0.352. The third kappa shape index (κ3) is 7.46. The smallest absolute Gasteiger partial charge is 0.244 e. The van der Waals surface area contributed by atoms with Gasteiger partial charge in [-0.25, -0.2) is 0 Å². The third-order valence-electron chi connectivity index (χ3n) is 2.46. The van der Waals surface area contributed by atoms with Crippen molar-refractivity contribution >= 4 is 40.5 Å². The van der Waals surface area contributed by atoms with Crippen LogP contribution in [-0.4, -0.2) is 58.8 Å². The summed E-state index contributed by atoms with van der Waals surface area (Å²) in [4.78, 5) is 36.9. The van der Waals surface area contributed by atoms with Crippen LogP contribution in [0.25, 0.3) is 0 Å². The first-order valence-electron chi connectivity index (χ1n) is 6.19. The number of carbonyl (C=O) groups excluding carboxylic acids is 3. The molecule has 0 aromatic rings. The van der Waals surface area contributed by atoms with Crippen molar-refractivity contribution in [2.45, 2.75) is 32.7 Å².